The average molecular weight is 229 g/mol. The third kappa shape index (κ3) is 3.23. The molecule has 1 aromatic rings. The Labute approximate surface area is 94.0 Å². The molecule has 0 bridgehead atoms. The smallest absolute Gasteiger partial charge is 0.159 e. The highest BCUT2D eigenvalue weighted by molar-refractivity contribution is 5.25. The highest BCUT2D eigenvalue weighted by Gasteiger charge is 2.21. The Morgan fingerprint density at radius 3 is 2.50 bits per heavy atom. The van der Waals surface area contributed by atoms with Gasteiger partial charge in [-0.15, -0.1) is 0 Å². The molecule has 5 heteroatoms. The monoisotopic (exact) mass is 229 g/mol. The average Bonchev–Trinajstić information content (AvgIpc) is 2.22. The summed E-state index contributed by atoms with van der Waals surface area (Å²) < 4.78 is 25.8. The van der Waals surface area contributed by atoms with Crippen molar-refractivity contribution in [2.24, 2.45) is 5.84 Å². The zero-order valence-electron chi connectivity index (χ0n) is 9.48. The minimum Gasteiger partial charge on any atom is -0.303 e. The maximum Gasteiger partial charge on any atom is 0.159 e. The van der Waals surface area contributed by atoms with Gasteiger partial charge in [0.15, 0.2) is 11.6 Å². The number of hydrogen-bond donors (Lipinski definition) is 3. The Morgan fingerprint density at radius 2 is 1.94 bits per heavy atom. The fourth-order valence-electron chi connectivity index (χ4n) is 1.47. The van der Waals surface area contributed by atoms with Gasteiger partial charge in [0.1, 0.15) is 0 Å². The van der Waals surface area contributed by atoms with E-state index >= 15 is 0 Å². The van der Waals surface area contributed by atoms with Gasteiger partial charge in [0.05, 0.1) is 6.67 Å². The lowest BCUT2D eigenvalue weighted by molar-refractivity contribution is 0.446. The van der Waals surface area contributed by atoms with Gasteiger partial charge < -0.3 is 5.32 Å². The predicted molar refractivity (Wildman–Crippen MR) is 59.6 cm³/mol. The molecule has 0 aliphatic carbocycles. The fourth-order valence-corrected chi connectivity index (χ4v) is 1.47. The molecule has 4 N–H and O–H groups in total. The fraction of sp³-hybridized carbons (Fsp3) is 0.455. The topological polar surface area (TPSA) is 50.1 Å². The standard InChI is InChI=1S/C11H17F2N3/c1-11(2,6-15-7-16-14)8-3-4-9(12)10(13)5-8/h3-5,15-16H,6-7,14H2,1-2H3. The van der Waals surface area contributed by atoms with Crippen LogP contribution in [0.2, 0.25) is 0 Å². The van der Waals surface area contributed by atoms with Gasteiger partial charge in [0.2, 0.25) is 0 Å². The number of nitrogens with one attached hydrogen (secondary N) is 2. The Hall–Kier alpha value is -1.04. The molecule has 0 aliphatic heterocycles. The van der Waals surface area contributed by atoms with Crippen molar-refractivity contribution in [1.82, 2.24) is 10.7 Å². The Kier molecular flexibility index (Phi) is 4.35. The van der Waals surface area contributed by atoms with Crippen LogP contribution in [0.25, 0.3) is 0 Å². The van der Waals surface area contributed by atoms with Crippen molar-refractivity contribution in [2.75, 3.05) is 13.2 Å². The molecule has 16 heavy (non-hydrogen) atoms. The van der Waals surface area contributed by atoms with Crippen molar-refractivity contribution in [1.29, 1.82) is 0 Å². The molecule has 0 radical (unpaired) electrons. The molecule has 1 aromatic carbocycles. The number of nitrogens with two attached hydrogens (primary N) is 1. The van der Waals surface area contributed by atoms with Crippen LogP contribution in [-0.4, -0.2) is 13.2 Å². The first-order valence-electron chi connectivity index (χ1n) is 5.07. The van der Waals surface area contributed by atoms with Crippen molar-refractivity contribution in [3.05, 3.63) is 35.4 Å². The number of hydrazine groups is 1. The number of halogens is 2. The molecule has 0 unspecified atom stereocenters. The number of benzene rings is 1. The van der Waals surface area contributed by atoms with E-state index in [0.717, 1.165) is 11.6 Å². The maximum absolute atomic E-state index is 13.1. The summed E-state index contributed by atoms with van der Waals surface area (Å²) >= 11 is 0. The molecule has 0 spiro atoms. The lowest BCUT2D eigenvalue weighted by Crippen LogP contribution is -2.40. The van der Waals surface area contributed by atoms with Crippen LogP contribution in [0.15, 0.2) is 18.2 Å². The quantitative estimate of drug-likeness (QED) is 0.308. The second-order valence-electron chi connectivity index (χ2n) is 4.32. The van der Waals surface area contributed by atoms with E-state index in [1.807, 2.05) is 13.8 Å². The first-order chi connectivity index (χ1) is 7.47. The Morgan fingerprint density at radius 1 is 1.25 bits per heavy atom. The highest BCUT2D eigenvalue weighted by atomic mass is 19.2. The van der Waals surface area contributed by atoms with E-state index in [1.165, 1.54) is 6.07 Å². The normalized spacial score (nSPS) is 11.8. The van der Waals surface area contributed by atoms with Gasteiger partial charge in [-0.25, -0.2) is 14.2 Å². The molecule has 1 rings (SSSR count). The van der Waals surface area contributed by atoms with Gasteiger partial charge in [0.25, 0.3) is 0 Å². The van der Waals surface area contributed by atoms with Crippen LogP contribution in [0.5, 0.6) is 0 Å². The zero-order valence-corrected chi connectivity index (χ0v) is 9.48. The number of hydrogen-bond acceptors (Lipinski definition) is 3. The zero-order chi connectivity index (χ0) is 12.2. The summed E-state index contributed by atoms with van der Waals surface area (Å²) in [5.41, 5.74) is 2.93. The molecule has 0 atom stereocenters. The van der Waals surface area contributed by atoms with Crippen molar-refractivity contribution in [2.45, 2.75) is 19.3 Å². The molecular formula is C11H17F2N3. The minimum atomic E-state index is -0.823. The lowest BCUT2D eigenvalue weighted by atomic mass is 9.84. The molecule has 0 saturated heterocycles. The van der Waals surface area contributed by atoms with Gasteiger partial charge >= 0.3 is 0 Å². The summed E-state index contributed by atoms with van der Waals surface area (Å²) in [7, 11) is 0. The van der Waals surface area contributed by atoms with Crippen LogP contribution in [0.4, 0.5) is 8.78 Å². The van der Waals surface area contributed by atoms with Crippen molar-refractivity contribution < 1.29 is 8.78 Å². The molecule has 0 amide bonds. The third-order valence-electron chi connectivity index (χ3n) is 2.50. The highest BCUT2D eigenvalue weighted by Crippen LogP contribution is 2.23. The van der Waals surface area contributed by atoms with Gasteiger partial charge in [0, 0.05) is 12.0 Å². The molecule has 0 aromatic heterocycles. The summed E-state index contributed by atoms with van der Waals surface area (Å²) in [6.45, 7) is 4.97. The molecular weight excluding hydrogens is 212 g/mol. The Balaban J connectivity index is 2.76. The summed E-state index contributed by atoms with van der Waals surface area (Å²) in [6, 6.07) is 3.97. The van der Waals surface area contributed by atoms with Gasteiger partial charge in [-0.3, -0.25) is 5.84 Å². The van der Waals surface area contributed by atoms with Crippen molar-refractivity contribution >= 4 is 0 Å². The Bertz CT molecular complexity index is 353. The van der Waals surface area contributed by atoms with Crippen LogP contribution in [-0.2, 0) is 5.41 Å². The van der Waals surface area contributed by atoms with E-state index < -0.39 is 11.6 Å². The van der Waals surface area contributed by atoms with E-state index in [9.17, 15) is 8.78 Å². The summed E-state index contributed by atoms with van der Waals surface area (Å²) in [5.74, 6) is 3.48. The molecule has 0 saturated carbocycles. The van der Waals surface area contributed by atoms with E-state index in [-0.39, 0.29) is 5.41 Å². The predicted octanol–water partition coefficient (Wildman–Crippen LogP) is 1.25. The van der Waals surface area contributed by atoms with E-state index in [4.69, 9.17) is 5.84 Å². The van der Waals surface area contributed by atoms with Crippen LogP contribution < -0.4 is 16.6 Å². The SMILES string of the molecule is CC(C)(CNCNN)c1ccc(F)c(F)c1. The molecule has 3 nitrogen and oxygen atoms in total. The first kappa shape index (κ1) is 13.0. The van der Waals surface area contributed by atoms with Crippen LogP contribution in [0, 0.1) is 11.6 Å². The van der Waals surface area contributed by atoms with Crippen LogP contribution in [0.3, 0.4) is 0 Å². The molecule has 0 fully saturated rings. The van der Waals surface area contributed by atoms with Crippen LogP contribution in [0.1, 0.15) is 19.4 Å². The molecule has 90 valence electrons. The summed E-state index contributed by atoms with van der Waals surface area (Å²) in [4.78, 5) is 0. The largest absolute Gasteiger partial charge is 0.303 e. The van der Waals surface area contributed by atoms with E-state index in [2.05, 4.69) is 10.7 Å². The van der Waals surface area contributed by atoms with Crippen molar-refractivity contribution in [3.63, 3.8) is 0 Å². The van der Waals surface area contributed by atoms with E-state index in [0.29, 0.717) is 13.2 Å². The maximum atomic E-state index is 13.1. The number of rotatable bonds is 5. The van der Waals surface area contributed by atoms with E-state index in [1.54, 1.807) is 6.07 Å². The lowest BCUT2D eigenvalue weighted by Gasteiger charge is -2.25. The molecule has 0 heterocycles. The second-order valence-corrected chi connectivity index (χ2v) is 4.32. The summed E-state index contributed by atoms with van der Waals surface area (Å²) in [5, 5.41) is 3.06. The summed E-state index contributed by atoms with van der Waals surface area (Å²) in [6.07, 6.45) is 0. The second kappa shape index (κ2) is 5.34. The molecule has 0 aliphatic rings. The minimum absolute atomic E-state index is 0.286. The van der Waals surface area contributed by atoms with Crippen molar-refractivity contribution in [3.8, 4) is 0 Å². The third-order valence-corrected chi connectivity index (χ3v) is 2.50. The van der Waals surface area contributed by atoms with Gasteiger partial charge in [-0.05, 0) is 17.7 Å². The van der Waals surface area contributed by atoms with Crippen LogP contribution >= 0.6 is 0 Å². The first-order valence-corrected chi connectivity index (χ1v) is 5.07. The van der Waals surface area contributed by atoms with Gasteiger partial charge in [-0.2, -0.15) is 0 Å². The van der Waals surface area contributed by atoms with Gasteiger partial charge in [-0.1, -0.05) is 19.9 Å².